The molecule has 4 rings (SSSR count). The summed E-state index contributed by atoms with van der Waals surface area (Å²) in [6.07, 6.45) is -4.23. The van der Waals surface area contributed by atoms with Crippen LogP contribution in [-0.2, 0) is 19.6 Å². The highest BCUT2D eigenvalue weighted by Crippen LogP contribution is 2.35. The molecular weight excluding hydrogens is 587 g/mol. The number of hydrogen-bond donors (Lipinski definition) is 3. The molecule has 0 aromatic heterocycles. The molecule has 0 radical (unpaired) electrons. The largest absolute Gasteiger partial charge is 0.481 e. The number of amides is 1. The predicted molar refractivity (Wildman–Crippen MR) is 156 cm³/mol. The van der Waals surface area contributed by atoms with Crippen molar-refractivity contribution < 1.29 is 41.0 Å². The number of piperidine rings is 2. The van der Waals surface area contributed by atoms with Crippen LogP contribution >= 0.6 is 0 Å². The first-order valence-corrected chi connectivity index (χ1v) is 15.6. The van der Waals surface area contributed by atoms with Crippen molar-refractivity contribution in [3.05, 3.63) is 54.1 Å². The molecule has 2 aliphatic rings. The molecule has 0 spiro atoms. The maximum atomic E-state index is 12.9. The van der Waals surface area contributed by atoms with Gasteiger partial charge in [-0.25, -0.2) is 8.42 Å². The molecule has 2 aromatic carbocycles. The van der Waals surface area contributed by atoms with Gasteiger partial charge in [-0.15, -0.1) is 0 Å². The fourth-order valence-corrected chi connectivity index (χ4v) is 6.11. The van der Waals surface area contributed by atoms with Gasteiger partial charge in [0.05, 0.1) is 10.3 Å². The zero-order chi connectivity index (χ0) is 32.1. The predicted octanol–water partition coefficient (Wildman–Crippen LogP) is 5.21. The third-order valence-electron chi connectivity index (χ3n) is 8.14. The average Bonchev–Trinajstić information content (AvgIpc) is 2.95. The highest BCUT2D eigenvalue weighted by atomic mass is 32.2. The van der Waals surface area contributed by atoms with Gasteiger partial charge in [-0.05, 0) is 95.9 Å². The van der Waals surface area contributed by atoms with Gasteiger partial charge in [-0.1, -0.05) is 24.6 Å². The summed E-state index contributed by atoms with van der Waals surface area (Å²) < 4.78 is 69.9. The number of carbonyl (C=O) groups is 2. The highest BCUT2D eigenvalue weighted by Gasteiger charge is 2.41. The summed E-state index contributed by atoms with van der Waals surface area (Å²) in [4.78, 5) is 23.8. The zero-order valence-corrected chi connectivity index (χ0v) is 25.6. The van der Waals surface area contributed by atoms with Gasteiger partial charge in [0, 0.05) is 24.2 Å². The Morgan fingerprint density at radius 2 is 1.49 bits per heavy atom. The third-order valence-corrected chi connectivity index (χ3v) is 10.1. The van der Waals surface area contributed by atoms with Crippen LogP contribution in [0.25, 0.3) is 0 Å². The number of carboxylic acids is 1. The van der Waals surface area contributed by atoms with Crippen molar-refractivity contribution in [1.29, 1.82) is 0 Å². The molecule has 0 saturated carbocycles. The molecule has 2 saturated heterocycles. The van der Waals surface area contributed by atoms with Crippen molar-refractivity contribution in [3.8, 4) is 5.75 Å². The van der Waals surface area contributed by atoms with E-state index in [2.05, 4.69) is 10.6 Å². The topological polar surface area (TPSA) is 125 Å². The van der Waals surface area contributed by atoms with Gasteiger partial charge in [0.2, 0.25) is 15.9 Å². The number of alkyl halides is 3. The lowest BCUT2D eigenvalue weighted by molar-refractivity contribution is -0.189. The number of carboxylic acid groups (broad SMARTS) is 1. The van der Waals surface area contributed by atoms with Crippen molar-refractivity contribution in [3.63, 3.8) is 0 Å². The van der Waals surface area contributed by atoms with Gasteiger partial charge in [0.1, 0.15) is 5.75 Å². The third kappa shape index (κ3) is 8.93. The number of nitrogens with zero attached hydrogens (tertiary/aromatic N) is 1. The summed E-state index contributed by atoms with van der Waals surface area (Å²) in [7, 11) is -3.63. The molecule has 3 N–H and O–H groups in total. The maximum Gasteiger partial charge on any atom is 0.425 e. The minimum Gasteiger partial charge on any atom is -0.481 e. The highest BCUT2D eigenvalue weighted by molar-refractivity contribution is 7.89. The first-order chi connectivity index (χ1) is 20.0. The summed E-state index contributed by atoms with van der Waals surface area (Å²) in [5, 5.41) is 14.7. The molecule has 9 nitrogen and oxygen atoms in total. The Kier molecular flexibility index (Phi) is 10.9. The average molecular weight is 628 g/mol. The first kappa shape index (κ1) is 34.3. The van der Waals surface area contributed by atoms with Crippen LogP contribution in [0.5, 0.6) is 5.75 Å². The van der Waals surface area contributed by atoms with Crippen molar-refractivity contribution in [2.45, 2.75) is 70.6 Å². The van der Waals surface area contributed by atoms with E-state index in [1.807, 2.05) is 13.8 Å². The Hall–Kier alpha value is -3.16. The summed E-state index contributed by atoms with van der Waals surface area (Å²) >= 11 is 0. The fourth-order valence-electron chi connectivity index (χ4n) is 4.67. The Bertz CT molecular complexity index is 1350. The van der Waals surface area contributed by atoms with E-state index in [1.54, 1.807) is 31.2 Å². The van der Waals surface area contributed by atoms with Gasteiger partial charge >= 0.3 is 12.1 Å². The molecule has 2 heterocycles. The number of sulfonamides is 1. The number of carbonyl (C=O) groups excluding carboxylic acids is 1. The molecule has 43 heavy (non-hydrogen) atoms. The number of anilines is 1. The van der Waals surface area contributed by atoms with E-state index in [9.17, 15) is 31.2 Å². The fraction of sp³-hybridized carbons (Fsp3) is 0.533. The molecule has 1 amide bonds. The maximum absolute atomic E-state index is 12.9. The van der Waals surface area contributed by atoms with E-state index in [-0.39, 0.29) is 29.6 Å². The lowest BCUT2D eigenvalue weighted by Crippen LogP contribution is -2.46. The van der Waals surface area contributed by atoms with Crippen LogP contribution in [0, 0.1) is 17.8 Å². The summed E-state index contributed by atoms with van der Waals surface area (Å²) in [5.74, 6) is -0.889. The Balaban J connectivity index is 0.000000428. The smallest absolute Gasteiger partial charge is 0.425 e. The second-order valence-corrected chi connectivity index (χ2v) is 13.6. The minimum absolute atomic E-state index is 0.0404. The molecule has 1 atom stereocenters. The van der Waals surface area contributed by atoms with Gasteiger partial charge in [-0.2, -0.15) is 17.5 Å². The van der Waals surface area contributed by atoms with Crippen LogP contribution in [0.2, 0.25) is 0 Å². The lowest BCUT2D eigenvalue weighted by atomic mass is 9.80. The van der Waals surface area contributed by atoms with E-state index in [4.69, 9.17) is 9.84 Å². The number of halogens is 3. The van der Waals surface area contributed by atoms with Crippen LogP contribution in [0.1, 0.15) is 52.0 Å². The number of nitrogens with one attached hydrogen (secondary N) is 2. The molecule has 2 aliphatic heterocycles. The van der Waals surface area contributed by atoms with Crippen molar-refractivity contribution in [1.82, 2.24) is 9.62 Å². The molecule has 2 aromatic rings. The van der Waals surface area contributed by atoms with E-state index < -0.39 is 39.1 Å². The Labute approximate surface area is 250 Å². The van der Waals surface area contributed by atoms with Crippen molar-refractivity contribution in [2.24, 2.45) is 10.8 Å². The zero-order valence-electron chi connectivity index (χ0n) is 24.8. The minimum atomic E-state index is -4.47. The summed E-state index contributed by atoms with van der Waals surface area (Å²) in [6, 6.07) is 12.3. The molecule has 238 valence electrons. The normalized spacial score (nSPS) is 19.3. The van der Waals surface area contributed by atoms with Crippen LogP contribution in [-0.4, -0.2) is 68.2 Å². The lowest BCUT2D eigenvalue weighted by Gasteiger charge is -2.37. The monoisotopic (exact) mass is 627 g/mol. The van der Waals surface area contributed by atoms with E-state index in [0.717, 1.165) is 38.4 Å². The van der Waals surface area contributed by atoms with Crippen LogP contribution in [0.4, 0.5) is 18.9 Å². The van der Waals surface area contributed by atoms with Gasteiger partial charge in [0.25, 0.3) is 0 Å². The number of aliphatic carboxylic acids is 1. The number of hydrogen-bond acceptors (Lipinski definition) is 6. The number of aryl methyl sites for hydroxylation is 1. The van der Waals surface area contributed by atoms with Crippen LogP contribution in [0.3, 0.4) is 0 Å². The van der Waals surface area contributed by atoms with Crippen LogP contribution in [0.15, 0.2) is 53.4 Å². The van der Waals surface area contributed by atoms with Gasteiger partial charge in [-0.3, -0.25) is 9.59 Å². The Morgan fingerprint density at radius 1 is 0.953 bits per heavy atom. The standard InChI is InChI=1S/C23H27F3N2O4S.C7H13NO2/c1-16-4-10-20(11-5-16)33(30,31)28-14-12-22(3,13-15-28)21(29)27-18-6-8-19(9-7-18)32-17(2)23(24,25)26;1-7(6(9)10)2-4-8-5-3-7/h4-11,17H,12-15H2,1-3H3,(H,27,29);8H,2-5H2,1H3,(H,9,10). The van der Waals surface area contributed by atoms with Gasteiger partial charge in [0.15, 0.2) is 6.10 Å². The first-order valence-electron chi connectivity index (χ1n) is 14.1. The van der Waals surface area contributed by atoms with Crippen molar-refractivity contribution in [2.75, 3.05) is 31.5 Å². The molecule has 0 bridgehead atoms. The molecule has 2 fully saturated rings. The quantitative estimate of drug-likeness (QED) is 0.385. The van der Waals surface area contributed by atoms with E-state index in [1.165, 1.54) is 28.6 Å². The molecular formula is C30H40F3N3O6S. The summed E-state index contributed by atoms with van der Waals surface area (Å²) in [6.45, 7) is 8.49. The second-order valence-electron chi connectivity index (χ2n) is 11.7. The van der Waals surface area contributed by atoms with E-state index in [0.29, 0.717) is 18.5 Å². The SMILES string of the molecule is CC1(C(=O)O)CCNCC1.Cc1ccc(S(=O)(=O)N2CCC(C)(C(=O)Nc3ccc(OC(C)C(F)(F)F)cc3)CC2)cc1. The second kappa shape index (κ2) is 13.6. The number of rotatable bonds is 7. The summed E-state index contributed by atoms with van der Waals surface area (Å²) in [5.41, 5.74) is 0.138. The molecule has 1 unspecified atom stereocenters. The van der Waals surface area contributed by atoms with Crippen molar-refractivity contribution >= 4 is 27.6 Å². The number of ether oxygens (including phenoxy) is 1. The Morgan fingerprint density at radius 3 is 1.95 bits per heavy atom. The van der Waals surface area contributed by atoms with Crippen LogP contribution < -0.4 is 15.4 Å². The number of benzene rings is 2. The molecule has 0 aliphatic carbocycles. The van der Waals surface area contributed by atoms with E-state index >= 15 is 0 Å². The molecule has 13 heteroatoms. The van der Waals surface area contributed by atoms with Gasteiger partial charge < -0.3 is 20.5 Å².